The molecule has 0 radical (unpaired) electrons. The minimum atomic E-state index is 0. The molecular formula is C24H42IN5O. The first-order valence-electron chi connectivity index (χ1n) is 11.7. The van der Waals surface area contributed by atoms with Gasteiger partial charge in [0.25, 0.3) is 0 Å². The van der Waals surface area contributed by atoms with Crippen LogP contribution in [0.4, 0.5) is 0 Å². The van der Waals surface area contributed by atoms with Crippen LogP contribution in [0.2, 0.25) is 0 Å². The molecule has 2 N–H and O–H groups in total. The molecule has 6 nitrogen and oxygen atoms in total. The zero-order chi connectivity index (χ0) is 21.2. The number of ether oxygens (including phenoxy) is 1. The number of morpholine rings is 1. The van der Waals surface area contributed by atoms with Crippen LogP contribution in [0.25, 0.3) is 0 Å². The second-order valence-corrected chi connectivity index (χ2v) is 8.97. The first-order valence-corrected chi connectivity index (χ1v) is 11.7. The summed E-state index contributed by atoms with van der Waals surface area (Å²) in [4.78, 5) is 9.45. The van der Waals surface area contributed by atoms with Gasteiger partial charge in [-0.2, -0.15) is 0 Å². The molecule has 2 aliphatic heterocycles. The summed E-state index contributed by atoms with van der Waals surface area (Å²) in [6, 6.07) is 8.87. The molecule has 31 heavy (non-hydrogen) atoms. The number of hydrogen-bond donors (Lipinski definition) is 2. The Bertz CT molecular complexity index is 663. The monoisotopic (exact) mass is 543 g/mol. The van der Waals surface area contributed by atoms with Crippen molar-refractivity contribution in [3.63, 3.8) is 0 Å². The molecule has 1 aromatic carbocycles. The Morgan fingerprint density at radius 1 is 1.10 bits per heavy atom. The van der Waals surface area contributed by atoms with E-state index in [1.54, 1.807) is 0 Å². The average Bonchev–Trinajstić information content (AvgIpc) is 2.75. The second-order valence-electron chi connectivity index (χ2n) is 8.97. The maximum absolute atomic E-state index is 5.65. The van der Waals surface area contributed by atoms with E-state index >= 15 is 0 Å². The fourth-order valence-electron chi connectivity index (χ4n) is 4.33. The Labute approximate surface area is 206 Å². The van der Waals surface area contributed by atoms with Gasteiger partial charge >= 0.3 is 0 Å². The van der Waals surface area contributed by atoms with E-state index in [2.05, 4.69) is 63.5 Å². The van der Waals surface area contributed by atoms with E-state index in [4.69, 9.17) is 4.74 Å². The zero-order valence-corrected chi connectivity index (χ0v) is 21.9. The van der Waals surface area contributed by atoms with Crippen molar-refractivity contribution >= 4 is 29.9 Å². The van der Waals surface area contributed by atoms with Gasteiger partial charge in [0, 0.05) is 39.8 Å². The van der Waals surface area contributed by atoms with Gasteiger partial charge in [0.2, 0.25) is 0 Å². The van der Waals surface area contributed by atoms with Gasteiger partial charge in [0.05, 0.1) is 12.7 Å². The van der Waals surface area contributed by atoms with E-state index in [0.29, 0.717) is 6.10 Å². The quantitative estimate of drug-likeness (QED) is 0.228. The van der Waals surface area contributed by atoms with E-state index < -0.39 is 0 Å². The lowest BCUT2D eigenvalue weighted by atomic mass is 9.99. The van der Waals surface area contributed by atoms with Crippen molar-refractivity contribution < 1.29 is 4.74 Å². The Morgan fingerprint density at radius 3 is 2.61 bits per heavy atom. The van der Waals surface area contributed by atoms with Gasteiger partial charge in [-0.1, -0.05) is 31.2 Å². The second kappa shape index (κ2) is 14.3. The van der Waals surface area contributed by atoms with Crippen LogP contribution in [0.3, 0.4) is 0 Å². The van der Waals surface area contributed by atoms with Crippen LogP contribution in [0, 0.1) is 5.92 Å². The molecule has 1 unspecified atom stereocenters. The third-order valence-corrected chi connectivity index (χ3v) is 6.23. The molecule has 176 valence electrons. The summed E-state index contributed by atoms with van der Waals surface area (Å²) in [5.41, 5.74) is 2.65. The van der Waals surface area contributed by atoms with E-state index in [9.17, 15) is 0 Å². The van der Waals surface area contributed by atoms with Crippen molar-refractivity contribution in [1.29, 1.82) is 0 Å². The van der Waals surface area contributed by atoms with Crippen LogP contribution in [0.15, 0.2) is 29.3 Å². The van der Waals surface area contributed by atoms with Crippen LogP contribution < -0.4 is 10.6 Å². The lowest BCUT2D eigenvalue weighted by Crippen LogP contribution is -2.40. The van der Waals surface area contributed by atoms with Crippen LogP contribution >= 0.6 is 24.0 Å². The third kappa shape index (κ3) is 9.63. The number of likely N-dealkylation sites (tertiary alicyclic amines) is 1. The molecule has 2 saturated heterocycles. The molecule has 0 spiro atoms. The van der Waals surface area contributed by atoms with Crippen molar-refractivity contribution in [2.24, 2.45) is 10.9 Å². The summed E-state index contributed by atoms with van der Waals surface area (Å²) in [6.07, 6.45) is 4.18. The highest BCUT2D eigenvalue weighted by Gasteiger charge is 2.17. The molecule has 1 aromatic rings. The third-order valence-electron chi connectivity index (χ3n) is 6.23. The van der Waals surface area contributed by atoms with Gasteiger partial charge in [-0.05, 0) is 62.9 Å². The fourth-order valence-corrected chi connectivity index (χ4v) is 4.33. The molecular weight excluding hydrogens is 501 g/mol. The van der Waals surface area contributed by atoms with Crippen molar-refractivity contribution in [2.45, 2.75) is 52.3 Å². The topological polar surface area (TPSA) is 52.1 Å². The van der Waals surface area contributed by atoms with Gasteiger partial charge in [-0.25, -0.2) is 0 Å². The zero-order valence-electron chi connectivity index (χ0n) is 19.6. The molecule has 0 amide bonds. The van der Waals surface area contributed by atoms with Gasteiger partial charge in [-0.15, -0.1) is 24.0 Å². The van der Waals surface area contributed by atoms with E-state index in [1.807, 2.05) is 7.05 Å². The predicted molar refractivity (Wildman–Crippen MR) is 140 cm³/mol. The maximum Gasteiger partial charge on any atom is 0.191 e. The van der Waals surface area contributed by atoms with Crippen LogP contribution in [0.1, 0.15) is 44.2 Å². The largest absolute Gasteiger partial charge is 0.376 e. The van der Waals surface area contributed by atoms with Crippen LogP contribution in [0.5, 0.6) is 0 Å². The van der Waals surface area contributed by atoms with Crippen LogP contribution in [-0.4, -0.2) is 74.8 Å². The molecule has 3 rings (SSSR count). The van der Waals surface area contributed by atoms with Gasteiger partial charge in [0.1, 0.15) is 0 Å². The standard InChI is InChI=1S/C24H41N5O.HI/c1-20-8-12-28(13-9-20)11-5-10-26-24(25-3)27-17-22-6-4-7-23(16-22)19-29-14-15-30-21(2)18-29;/h4,6-7,16,20-21H,5,8-15,17-19H2,1-3H3,(H2,25,26,27);1H. The average molecular weight is 544 g/mol. The predicted octanol–water partition coefficient (Wildman–Crippen LogP) is 3.31. The number of halogens is 1. The maximum atomic E-state index is 5.65. The van der Waals surface area contributed by atoms with Crippen molar-refractivity contribution in [3.8, 4) is 0 Å². The minimum Gasteiger partial charge on any atom is -0.376 e. The lowest BCUT2D eigenvalue weighted by Gasteiger charge is -2.31. The number of aliphatic imine (C=N–C) groups is 1. The molecule has 2 heterocycles. The summed E-state index contributed by atoms with van der Waals surface area (Å²) >= 11 is 0. The van der Waals surface area contributed by atoms with Crippen molar-refractivity contribution in [1.82, 2.24) is 20.4 Å². The number of hydrogen-bond acceptors (Lipinski definition) is 4. The summed E-state index contributed by atoms with van der Waals surface area (Å²) in [5, 5.41) is 6.92. The number of benzene rings is 1. The first-order chi connectivity index (χ1) is 14.6. The number of nitrogens with one attached hydrogen (secondary N) is 2. The Hall–Kier alpha value is -0.900. The Morgan fingerprint density at radius 2 is 1.87 bits per heavy atom. The van der Waals surface area contributed by atoms with Crippen molar-refractivity contribution in [2.75, 3.05) is 52.9 Å². The highest BCUT2D eigenvalue weighted by molar-refractivity contribution is 14.0. The normalized spacial score (nSPS) is 21.5. The smallest absolute Gasteiger partial charge is 0.191 e. The summed E-state index contributed by atoms with van der Waals surface area (Å²) in [5.74, 6) is 1.79. The molecule has 2 fully saturated rings. The van der Waals surface area contributed by atoms with Gasteiger partial charge < -0.3 is 20.3 Å². The lowest BCUT2D eigenvalue weighted by molar-refractivity contribution is -0.0212. The number of nitrogens with zero attached hydrogens (tertiary/aromatic N) is 3. The Kier molecular flexibility index (Phi) is 12.1. The fraction of sp³-hybridized carbons (Fsp3) is 0.708. The molecule has 1 atom stereocenters. The molecule has 2 aliphatic rings. The molecule has 0 bridgehead atoms. The Balaban J connectivity index is 0.00000341. The van der Waals surface area contributed by atoms with Crippen LogP contribution in [-0.2, 0) is 17.8 Å². The first kappa shape index (κ1) is 26.4. The molecule has 0 saturated carbocycles. The van der Waals surface area contributed by atoms with Gasteiger partial charge in [0.15, 0.2) is 5.96 Å². The summed E-state index contributed by atoms with van der Waals surface area (Å²) in [6.45, 7) is 13.8. The van der Waals surface area contributed by atoms with E-state index in [1.165, 1.54) is 43.6 Å². The van der Waals surface area contributed by atoms with E-state index in [0.717, 1.165) is 57.6 Å². The SMILES string of the molecule is CN=C(NCCCN1CCC(C)CC1)NCc1cccc(CN2CCOC(C)C2)c1.I. The van der Waals surface area contributed by atoms with Gasteiger partial charge in [-0.3, -0.25) is 9.89 Å². The molecule has 7 heteroatoms. The molecule has 0 aliphatic carbocycles. The summed E-state index contributed by atoms with van der Waals surface area (Å²) in [7, 11) is 1.84. The number of piperidine rings is 1. The molecule has 0 aromatic heterocycles. The van der Waals surface area contributed by atoms with Crippen molar-refractivity contribution in [3.05, 3.63) is 35.4 Å². The minimum absolute atomic E-state index is 0. The van der Waals surface area contributed by atoms with E-state index in [-0.39, 0.29) is 24.0 Å². The highest BCUT2D eigenvalue weighted by Crippen LogP contribution is 2.15. The summed E-state index contributed by atoms with van der Waals surface area (Å²) < 4.78 is 5.65. The number of rotatable bonds is 8. The highest BCUT2D eigenvalue weighted by atomic mass is 127. The number of guanidine groups is 1.